The largest absolute Gasteiger partial charge is 0.481 e. The molecule has 0 radical (unpaired) electrons. The van der Waals surface area contributed by atoms with Crippen molar-refractivity contribution in [3.8, 4) is 5.75 Å². The summed E-state index contributed by atoms with van der Waals surface area (Å²) >= 11 is 0. The Morgan fingerprint density at radius 2 is 1.88 bits per heavy atom. The molecule has 0 bridgehead atoms. The molecule has 0 aliphatic carbocycles. The number of esters is 1. The van der Waals surface area contributed by atoms with Gasteiger partial charge in [-0.15, -0.1) is 0 Å². The quantitative estimate of drug-likeness (QED) is 0.784. The summed E-state index contributed by atoms with van der Waals surface area (Å²) in [5, 5.41) is 0. The Labute approximate surface area is 145 Å². The highest BCUT2D eigenvalue weighted by Crippen LogP contribution is 2.38. The van der Waals surface area contributed by atoms with Gasteiger partial charge in [-0.2, -0.15) is 0 Å². The highest BCUT2D eigenvalue weighted by Gasteiger charge is 2.33. The fourth-order valence-electron chi connectivity index (χ4n) is 2.97. The van der Waals surface area contributed by atoms with Crippen LogP contribution in [0.5, 0.6) is 5.75 Å². The van der Waals surface area contributed by atoms with Crippen molar-refractivity contribution in [3.05, 3.63) is 59.9 Å². The molecular formula is C19H18FNO4. The Balaban J connectivity index is 1.72. The number of halogens is 1. The van der Waals surface area contributed by atoms with Crippen molar-refractivity contribution >= 4 is 17.6 Å². The van der Waals surface area contributed by atoms with Gasteiger partial charge in [0.05, 0.1) is 13.5 Å². The fraction of sp³-hybridized carbons (Fsp3) is 0.263. The van der Waals surface area contributed by atoms with Crippen molar-refractivity contribution < 1.29 is 23.5 Å². The van der Waals surface area contributed by atoms with E-state index < -0.39 is 5.82 Å². The van der Waals surface area contributed by atoms with Crippen LogP contribution in [0.1, 0.15) is 17.9 Å². The topological polar surface area (TPSA) is 55.8 Å². The smallest absolute Gasteiger partial charge is 0.306 e. The SMILES string of the molecule is COC(=O)CC1CN(C(=O)COc2ccccc2F)c2ccccc21. The molecule has 2 aromatic carbocycles. The summed E-state index contributed by atoms with van der Waals surface area (Å²) in [6.45, 7) is 0.0914. The molecule has 1 unspecified atom stereocenters. The van der Waals surface area contributed by atoms with Crippen LogP contribution in [0.4, 0.5) is 10.1 Å². The molecule has 1 aliphatic rings. The first kappa shape index (κ1) is 17.0. The van der Waals surface area contributed by atoms with Gasteiger partial charge in [-0.3, -0.25) is 9.59 Å². The van der Waals surface area contributed by atoms with Gasteiger partial charge < -0.3 is 14.4 Å². The van der Waals surface area contributed by atoms with Gasteiger partial charge in [0.15, 0.2) is 18.2 Å². The molecule has 3 rings (SSSR count). The third-order valence-corrected chi connectivity index (χ3v) is 4.20. The van der Waals surface area contributed by atoms with Crippen molar-refractivity contribution in [2.75, 3.05) is 25.2 Å². The van der Waals surface area contributed by atoms with Gasteiger partial charge >= 0.3 is 5.97 Å². The zero-order chi connectivity index (χ0) is 17.8. The van der Waals surface area contributed by atoms with Crippen molar-refractivity contribution in [2.24, 2.45) is 0 Å². The van der Waals surface area contributed by atoms with Gasteiger partial charge in [-0.05, 0) is 23.8 Å². The lowest BCUT2D eigenvalue weighted by molar-refractivity contribution is -0.141. The molecule has 6 heteroatoms. The van der Waals surface area contributed by atoms with E-state index in [1.54, 1.807) is 17.0 Å². The Kier molecular flexibility index (Phi) is 4.97. The molecule has 0 fully saturated rings. The van der Waals surface area contributed by atoms with Crippen LogP contribution in [0.3, 0.4) is 0 Å². The summed E-state index contributed by atoms with van der Waals surface area (Å²) < 4.78 is 23.6. The zero-order valence-electron chi connectivity index (χ0n) is 13.8. The average molecular weight is 343 g/mol. The van der Waals surface area contributed by atoms with E-state index in [1.807, 2.05) is 24.3 Å². The molecule has 0 spiro atoms. The number of hydrogen-bond donors (Lipinski definition) is 0. The predicted molar refractivity (Wildman–Crippen MR) is 90.1 cm³/mol. The van der Waals surface area contributed by atoms with E-state index in [4.69, 9.17) is 9.47 Å². The second-order valence-corrected chi connectivity index (χ2v) is 5.76. The van der Waals surface area contributed by atoms with Crippen LogP contribution in [0.2, 0.25) is 0 Å². The zero-order valence-corrected chi connectivity index (χ0v) is 13.8. The third-order valence-electron chi connectivity index (χ3n) is 4.20. The van der Waals surface area contributed by atoms with Crippen molar-refractivity contribution in [1.29, 1.82) is 0 Å². The second kappa shape index (κ2) is 7.34. The summed E-state index contributed by atoms with van der Waals surface area (Å²) in [5.41, 5.74) is 1.67. The number of anilines is 1. The first-order valence-corrected chi connectivity index (χ1v) is 7.93. The van der Waals surface area contributed by atoms with Gasteiger partial charge in [-0.25, -0.2) is 4.39 Å². The fourth-order valence-corrected chi connectivity index (χ4v) is 2.97. The van der Waals surface area contributed by atoms with E-state index >= 15 is 0 Å². The summed E-state index contributed by atoms with van der Waals surface area (Å²) in [4.78, 5) is 25.7. The molecule has 130 valence electrons. The number of methoxy groups -OCH3 is 1. The number of para-hydroxylation sites is 2. The Morgan fingerprint density at radius 3 is 2.64 bits per heavy atom. The van der Waals surface area contributed by atoms with Gasteiger partial charge in [-0.1, -0.05) is 30.3 Å². The minimum atomic E-state index is -0.513. The van der Waals surface area contributed by atoms with Crippen LogP contribution in [0.25, 0.3) is 0 Å². The van der Waals surface area contributed by atoms with Crippen LogP contribution in [0, 0.1) is 5.82 Å². The molecule has 0 N–H and O–H groups in total. The highest BCUT2D eigenvalue weighted by atomic mass is 19.1. The van der Waals surface area contributed by atoms with Crippen LogP contribution in [0.15, 0.2) is 48.5 Å². The third kappa shape index (κ3) is 3.63. The van der Waals surface area contributed by atoms with Crippen molar-refractivity contribution in [1.82, 2.24) is 0 Å². The Bertz CT molecular complexity index is 792. The predicted octanol–water partition coefficient (Wildman–Crippen LogP) is 2.90. The summed E-state index contributed by atoms with van der Waals surface area (Å²) in [6.07, 6.45) is 0.200. The summed E-state index contributed by atoms with van der Waals surface area (Å²) in [6, 6.07) is 13.4. The number of nitrogens with zero attached hydrogens (tertiary/aromatic N) is 1. The molecule has 1 atom stereocenters. The monoisotopic (exact) mass is 343 g/mol. The van der Waals surface area contributed by atoms with E-state index in [1.165, 1.54) is 19.2 Å². The Morgan fingerprint density at radius 1 is 1.16 bits per heavy atom. The maximum absolute atomic E-state index is 13.6. The normalized spacial score (nSPS) is 15.6. The summed E-state index contributed by atoms with van der Waals surface area (Å²) in [5.74, 6) is -1.21. The van der Waals surface area contributed by atoms with Gasteiger partial charge in [0.1, 0.15) is 0 Å². The molecule has 1 amide bonds. The molecule has 5 nitrogen and oxygen atoms in total. The Hall–Kier alpha value is -2.89. The van der Waals surface area contributed by atoms with Gasteiger partial charge in [0, 0.05) is 18.2 Å². The lowest BCUT2D eigenvalue weighted by atomic mass is 9.98. The van der Waals surface area contributed by atoms with Crippen molar-refractivity contribution in [2.45, 2.75) is 12.3 Å². The number of ether oxygens (including phenoxy) is 2. The molecule has 1 aliphatic heterocycles. The summed E-state index contributed by atoms with van der Waals surface area (Å²) in [7, 11) is 1.34. The van der Waals surface area contributed by atoms with Crippen LogP contribution in [-0.2, 0) is 14.3 Å². The first-order valence-electron chi connectivity index (χ1n) is 7.93. The van der Waals surface area contributed by atoms with E-state index in [-0.39, 0.29) is 36.6 Å². The number of amides is 1. The number of benzene rings is 2. The number of carbonyl (C=O) groups excluding carboxylic acids is 2. The van der Waals surface area contributed by atoms with E-state index in [2.05, 4.69) is 0 Å². The van der Waals surface area contributed by atoms with Crippen LogP contribution >= 0.6 is 0 Å². The number of rotatable bonds is 5. The maximum Gasteiger partial charge on any atom is 0.306 e. The van der Waals surface area contributed by atoms with Crippen LogP contribution in [-0.4, -0.2) is 32.1 Å². The average Bonchev–Trinajstić information content (AvgIpc) is 2.99. The van der Waals surface area contributed by atoms with Gasteiger partial charge in [0.25, 0.3) is 5.91 Å². The minimum absolute atomic E-state index is 0.0365. The van der Waals surface area contributed by atoms with E-state index in [9.17, 15) is 14.0 Å². The molecule has 2 aromatic rings. The molecule has 25 heavy (non-hydrogen) atoms. The standard InChI is InChI=1S/C19H18FNO4/c1-24-19(23)10-13-11-21(16-8-4-2-6-14(13)16)18(22)12-25-17-9-5-3-7-15(17)20/h2-9,13H,10-12H2,1H3. The molecule has 0 saturated heterocycles. The lowest BCUT2D eigenvalue weighted by Gasteiger charge is -2.18. The first-order chi connectivity index (χ1) is 12.1. The van der Waals surface area contributed by atoms with E-state index in [0.717, 1.165) is 11.3 Å². The number of carbonyl (C=O) groups is 2. The maximum atomic E-state index is 13.6. The molecule has 1 heterocycles. The lowest BCUT2D eigenvalue weighted by Crippen LogP contribution is -2.34. The molecule has 0 aromatic heterocycles. The second-order valence-electron chi connectivity index (χ2n) is 5.76. The number of fused-ring (bicyclic) bond motifs is 1. The van der Waals surface area contributed by atoms with Crippen LogP contribution < -0.4 is 9.64 Å². The van der Waals surface area contributed by atoms with E-state index in [0.29, 0.717) is 6.54 Å². The van der Waals surface area contributed by atoms with Gasteiger partial charge in [0.2, 0.25) is 0 Å². The molecular weight excluding hydrogens is 325 g/mol. The minimum Gasteiger partial charge on any atom is -0.481 e. The highest BCUT2D eigenvalue weighted by molar-refractivity contribution is 5.97. The molecule has 0 saturated carbocycles. The van der Waals surface area contributed by atoms with Crippen molar-refractivity contribution in [3.63, 3.8) is 0 Å². The number of hydrogen-bond acceptors (Lipinski definition) is 4.